The van der Waals surface area contributed by atoms with Crippen molar-refractivity contribution in [3.63, 3.8) is 0 Å². The third kappa shape index (κ3) is 5.76. The lowest BCUT2D eigenvalue weighted by Gasteiger charge is -2.61. The number of nitrogens with zero attached hydrogens (tertiary/aromatic N) is 1. The fourth-order valence-electron chi connectivity index (χ4n) is 9.92. The van der Waals surface area contributed by atoms with Crippen LogP contribution in [0.25, 0.3) is 0 Å². The Hall–Kier alpha value is -1.83. The van der Waals surface area contributed by atoms with Crippen LogP contribution >= 0.6 is 11.8 Å². The number of hydrogen-bond acceptors (Lipinski definition) is 7. The first kappa shape index (κ1) is 29.7. The van der Waals surface area contributed by atoms with Gasteiger partial charge >= 0.3 is 11.9 Å². The van der Waals surface area contributed by atoms with Gasteiger partial charge < -0.3 is 14.5 Å². The fraction of sp³-hybridized carbons (Fsp3) is 0.812. The Morgan fingerprint density at radius 1 is 1.07 bits per heavy atom. The number of hydrogen-bond donors (Lipinski definition) is 1. The van der Waals surface area contributed by atoms with Gasteiger partial charge in [-0.25, -0.2) is 4.98 Å². The van der Waals surface area contributed by atoms with Crippen molar-refractivity contribution < 1.29 is 19.1 Å². The van der Waals surface area contributed by atoms with Gasteiger partial charge in [-0.1, -0.05) is 32.5 Å². The maximum atomic E-state index is 12.7. The molecule has 1 aromatic rings. The number of esters is 2. The van der Waals surface area contributed by atoms with Gasteiger partial charge in [0, 0.05) is 18.2 Å². The second-order valence-corrected chi connectivity index (χ2v) is 14.8. The van der Waals surface area contributed by atoms with Gasteiger partial charge in [0.05, 0.1) is 12.9 Å². The summed E-state index contributed by atoms with van der Waals surface area (Å²) in [7, 11) is 1.49. The van der Waals surface area contributed by atoms with Crippen LogP contribution in [0.3, 0.4) is 0 Å². The number of H-pyrrole nitrogens is 1. The van der Waals surface area contributed by atoms with Crippen molar-refractivity contribution in [1.29, 1.82) is 0 Å². The number of ether oxygens (including phenoxy) is 2. The number of rotatable bonds is 8. The lowest BCUT2D eigenvalue weighted by molar-refractivity contribution is -0.160. The molecule has 0 aromatic carbocycles. The van der Waals surface area contributed by atoms with Crippen LogP contribution in [0.1, 0.15) is 97.1 Å². The molecule has 0 amide bonds. The van der Waals surface area contributed by atoms with Crippen LogP contribution in [-0.2, 0) is 19.1 Å². The summed E-state index contributed by atoms with van der Waals surface area (Å²) in [5, 5.41) is 0.466. The average molecular weight is 573 g/mol. The van der Waals surface area contributed by atoms with Crippen LogP contribution in [0.15, 0.2) is 16.0 Å². The Labute approximate surface area is 243 Å². The van der Waals surface area contributed by atoms with Gasteiger partial charge in [0.2, 0.25) is 0 Å². The minimum absolute atomic E-state index is 0.00683. The third-order valence-corrected chi connectivity index (χ3v) is 12.7. The Morgan fingerprint density at radius 2 is 1.82 bits per heavy atom. The number of carbonyl (C=O) groups is 2. The minimum atomic E-state index is -0.219. The van der Waals surface area contributed by atoms with E-state index < -0.39 is 0 Å². The Kier molecular flexibility index (Phi) is 8.76. The molecule has 9 atom stereocenters. The molecule has 1 aromatic heterocycles. The number of nitrogens with one attached hydrogen (secondary N) is 1. The molecule has 0 radical (unpaired) electrons. The summed E-state index contributed by atoms with van der Waals surface area (Å²) in [6.07, 6.45) is 12.3. The smallest absolute Gasteiger partial charge is 0.316 e. The van der Waals surface area contributed by atoms with Crippen LogP contribution < -0.4 is 5.56 Å². The first-order valence-electron chi connectivity index (χ1n) is 15.5. The standard InChI is InChI=1S/C32H48N2O5S/c1-19(6-11-28(36)38-5)24-9-10-25-23-8-7-21-17-22(12-14-31(21,3)26(23)13-15-32(24,25)4)39-29(37)18-40-30-33-20(2)16-27(35)34-30/h16,19,21-26H,6-15,17-18H2,1-5H3,(H,33,34,35)/t19-,21+,22-,23+,24-,25+,26+,31+,32-/m1/s1. The van der Waals surface area contributed by atoms with E-state index >= 15 is 0 Å². The molecule has 0 saturated heterocycles. The predicted octanol–water partition coefficient (Wildman–Crippen LogP) is 6.33. The van der Waals surface area contributed by atoms with Crippen molar-refractivity contribution in [3.8, 4) is 0 Å². The van der Waals surface area contributed by atoms with Crippen LogP contribution in [0.2, 0.25) is 0 Å². The minimum Gasteiger partial charge on any atom is -0.469 e. The van der Waals surface area contributed by atoms with Crippen LogP contribution in [-0.4, -0.2) is 40.9 Å². The van der Waals surface area contributed by atoms with E-state index in [0.717, 1.165) is 43.4 Å². The predicted molar refractivity (Wildman–Crippen MR) is 156 cm³/mol. The zero-order valence-electron chi connectivity index (χ0n) is 25.0. The summed E-state index contributed by atoms with van der Waals surface area (Å²) in [6, 6.07) is 1.45. The molecule has 1 heterocycles. The molecule has 5 rings (SSSR count). The largest absolute Gasteiger partial charge is 0.469 e. The molecule has 4 aliphatic carbocycles. The Bertz CT molecular complexity index is 1150. The highest BCUT2D eigenvalue weighted by atomic mass is 32.2. The molecule has 0 bridgehead atoms. The van der Waals surface area contributed by atoms with Gasteiger partial charge in [-0.2, -0.15) is 0 Å². The summed E-state index contributed by atoms with van der Waals surface area (Å²) in [5.74, 6) is 4.10. The molecule has 4 saturated carbocycles. The number of thioether (sulfide) groups is 1. The van der Waals surface area contributed by atoms with Crippen molar-refractivity contribution in [2.24, 2.45) is 46.3 Å². The molecule has 4 aliphatic rings. The van der Waals surface area contributed by atoms with E-state index in [9.17, 15) is 14.4 Å². The van der Waals surface area contributed by atoms with E-state index in [4.69, 9.17) is 9.47 Å². The van der Waals surface area contributed by atoms with Crippen molar-refractivity contribution in [2.45, 2.75) is 110 Å². The number of aromatic amines is 1. The zero-order chi connectivity index (χ0) is 28.7. The quantitative estimate of drug-likeness (QED) is 0.221. The van der Waals surface area contributed by atoms with Gasteiger partial charge in [0.25, 0.3) is 5.56 Å². The second-order valence-electron chi connectivity index (χ2n) is 13.8. The third-order valence-electron chi connectivity index (χ3n) is 11.9. The fourth-order valence-corrected chi connectivity index (χ4v) is 10.6. The lowest BCUT2D eigenvalue weighted by atomic mass is 9.44. The zero-order valence-corrected chi connectivity index (χ0v) is 25.8. The SMILES string of the molecule is COC(=O)CC[C@@H](C)[C@H]1CC[C@H]2[C@@H]3CC[C@H]4C[C@H](OC(=O)CSc5nc(C)cc(=O)[nH]5)CC[C@]4(C)[C@H]3CC[C@]12C. The maximum Gasteiger partial charge on any atom is 0.316 e. The number of carbonyl (C=O) groups excluding carboxylic acids is 2. The number of methoxy groups -OCH3 is 1. The van der Waals surface area contributed by atoms with Crippen LogP contribution in [0, 0.1) is 53.3 Å². The molecule has 0 unspecified atom stereocenters. The molecular weight excluding hydrogens is 524 g/mol. The average Bonchev–Trinajstić information content (AvgIpc) is 3.27. The molecule has 1 N–H and O–H groups in total. The number of fused-ring (bicyclic) bond motifs is 5. The molecule has 40 heavy (non-hydrogen) atoms. The molecule has 0 aliphatic heterocycles. The Morgan fingerprint density at radius 3 is 2.58 bits per heavy atom. The van der Waals surface area contributed by atoms with E-state index in [1.807, 2.05) is 0 Å². The highest BCUT2D eigenvalue weighted by molar-refractivity contribution is 7.99. The summed E-state index contributed by atoms with van der Waals surface area (Å²) >= 11 is 1.23. The van der Waals surface area contributed by atoms with Crippen LogP contribution in [0.5, 0.6) is 0 Å². The van der Waals surface area contributed by atoms with Crippen molar-refractivity contribution >= 4 is 23.7 Å². The van der Waals surface area contributed by atoms with Crippen LogP contribution in [0.4, 0.5) is 0 Å². The first-order chi connectivity index (χ1) is 19.0. The van der Waals surface area contributed by atoms with E-state index in [1.54, 1.807) is 6.92 Å². The molecule has 7 nitrogen and oxygen atoms in total. The molecule has 0 spiro atoms. The molecule has 4 fully saturated rings. The van der Waals surface area contributed by atoms with E-state index in [0.29, 0.717) is 45.9 Å². The van der Waals surface area contributed by atoms with E-state index in [1.165, 1.54) is 63.5 Å². The highest BCUT2D eigenvalue weighted by Crippen LogP contribution is 2.68. The topological polar surface area (TPSA) is 98.3 Å². The van der Waals surface area contributed by atoms with Gasteiger partial charge in [-0.15, -0.1) is 0 Å². The van der Waals surface area contributed by atoms with Crippen molar-refractivity contribution in [2.75, 3.05) is 12.9 Å². The Balaban J connectivity index is 1.17. The number of aryl methyl sites for hydroxylation is 1. The molecule has 8 heteroatoms. The van der Waals surface area contributed by atoms with Gasteiger partial charge in [-0.05, 0) is 117 Å². The normalized spacial score (nSPS) is 37.5. The van der Waals surface area contributed by atoms with Gasteiger partial charge in [0.1, 0.15) is 6.10 Å². The van der Waals surface area contributed by atoms with E-state index in [-0.39, 0.29) is 29.4 Å². The van der Waals surface area contributed by atoms with Crippen molar-refractivity contribution in [3.05, 3.63) is 22.1 Å². The first-order valence-corrected chi connectivity index (χ1v) is 16.5. The number of aromatic nitrogens is 2. The van der Waals surface area contributed by atoms with Crippen molar-refractivity contribution in [1.82, 2.24) is 9.97 Å². The molecular formula is C32H48N2O5S. The van der Waals surface area contributed by atoms with Gasteiger partial charge in [0.15, 0.2) is 5.16 Å². The van der Waals surface area contributed by atoms with E-state index in [2.05, 4.69) is 30.7 Å². The second kappa shape index (κ2) is 11.8. The monoisotopic (exact) mass is 572 g/mol. The maximum absolute atomic E-state index is 12.7. The van der Waals surface area contributed by atoms with Gasteiger partial charge in [-0.3, -0.25) is 14.4 Å². The summed E-state index contributed by atoms with van der Waals surface area (Å²) < 4.78 is 10.9. The molecule has 222 valence electrons. The summed E-state index contributed by atoms with van der Waals surface area (Å²) in [4.78, 5) is 43.1. The lowest BCUT2D eigenvalue weighted by Crippen LogP contribution is -2.54. The summed E-state index contributed by atoms with van der Waals surface area (Å²) in [6.45, 7) is 9.27. The summed E-state index contributed by atoms with van der Waals surface area (Å²) in [5.41, 5.74) is 1.17. The highest BCUT2D eigenvalue weighted by Gasteiger charge is 2.60.